The molecule has 1 aliphatic heterocycles. The number of para-hydroxylation sites is 1. The molecule has 1 aromatic heterocycles. The van der Waals surface area contributed by atoms with Crippen LogP contribution in [-0.2, 0) is 4.79 Å². The monoisotopic (exact) mass is 285 g/mol. The third kappa shape index (κ3) is 2.29. The topological polar surface area (TPSA) is 96.5 Å². The molecule has 1 atom stereocenters. The summed E-state index contributed by atoms with van der Waals surface area (Å²) in [5.74, 6) is -1.14. The predicted molar refractivity (Wildman–Crippen MR) is 78.3 cm³/mol. The number of carbonyl (C=O) groups is 2. The van der Waals surface area contributed by atoms with Gasteiger partial charge in [-0.05, 0) is 25.0 Å². The van der Waals surface area contributed by atoms with Crippen molar-refractivity contribution in [2.75, 3.05) is 11.4 Å². The molecule has 1 saturated heterocycles. The molecule has 1 aromatic carbocycles. The maximum Gasteiger partial charge on any atom is 0.326 e. The van der Waals surface area contributed by atoms with E-state index in [1.54, 1.807) is 11.0 Å². The van der Waals surface area contributed by atoms with Gasteiger partial charge in [0.1, 0.15) is 11.9 Å². The summed E-state index contributed by atoms with van der Waals surface area (Å²) in [7, 11) is 0. The Labute approximate surface area is 121 Å². The lowest BCUT2D eigenvalue weighted by molar-refractivity contribution is -0.138. The van der Waals surface area contributed by atoms with Crippen LogP contribution in [0.25, 0.3) is 10.9 Å². The van der Waals surface area contributed by atoms with E-state index in [2.05, 4.69) is 4.98 Å². The van der Waals surface area contributed by atoms with Gasteiger partial charge in [0.15, 0.2) is 0 Å². The molecule has 1 unspecified atom stereocenters. The summed E-state index contributed by atoms with van der Waals surface area (Å²) in [5, 5.41) is 10.1. The molecule has 0 aliphatic carbocycles. The van der Waals surface area contributed by atoms with Crippen molar-refractivity contribution in [1.29, 1.82) is 0 Å². The number of primary amides is 1. The lowest BCUT2D eigenvalue weighted by Gasteiger charge is -2.24. The molecule has 0 spiro atoms. The average molecular weight is 285 g/mol. The fourth-order valence-electron chi connectivity index (χ4n) is 2.78. The molecular weight excluding hydrogens is 270 g/mol. The number of nitrogens with zero attached hydrogens (tertiary/aromatic N) is 2. The normalized spacial score (nSPS) is 18.1. The number of rotatable bonds is 3. The van der Waals surface area contributed by atoms with Crippen LogP contribution < -0.4 is 10.6 Å². The first-order chi connectivity index (χ1) is 10.1. The number of carboxylic acid groups (broad SMARTS) is 1. The Morgan fingerprint density at radius 2 is 2.10 bits per heavy atom. The first kappa shape index (κ1) is 13.4. The summed E-state index contributed by atoms with van der Waals surface area (Å²) in [6, 6.07) is 8.40. The van der Waals surface area contributed by atoms with Gasteiger partial charge in [0.05, 0.1) is 11.1 Å². The van der Waals surface area contributed by atoms with Crippen molar-refractivity contribution in [3.05, 3.63) is 35.9 Å². The largest absolute Gasteiger partial charge is 0.480 e. The van der Waals surface area contributed by atoms with Gasteiger partial charge in [-0.1, -0.05) is 18.2 Å². The zero-order valence-electron chi connectivity index (χ0n) is 11.3. The molecule has 21 heavy (non-hydrogen) atoms. The van der Waals surface area contributed by atoms with E-state index in [0.29, 0.717) is 24.3 Å². The van der Waals surface area contributed by atoms with Gasteiger partial charge in [0.2, 0.25) is 0 Å². The highest BCUT2D eigenvalue weighted by Gasteiger charge is 2.33. The number of hydrogen-bond donors (Lipinski definition) is 2. The van der Waals surface area contributed by atoms with Crippen LogP contribution in [0.2, 0.25) is 0 Å². The molecule has 1 aliphatic rings. The summed E-state index contributed by atoms with van der Waals surface area (Å²) in [6.07, 6.45) is 1.30. The lowest BCUT2D eigenvalue weighted by atomic mass is 10.1. The third-order valence-corrected chi connectivity index (χ3v) is 3.78. The Morgan fingerprint density at radius 3 is 2.81 bits per heavy atom. The molecule has 6 heteroatoms. The summed E-state index contributed by atoms with van der Waals surface area (Å²) >= 11 is 0. The Bertz CT molecular complexity index is 729. The summed E-state index contributed by atoms with van der Waals surface area (Å²) < 4.78 is 0. The van der Waals surface area contributed by atoms with Crippen LogP contribution >= 0.6 is 0 Å². The van der Waals surface area contributed by atoms with Gasteiger partial charge in [-0.25, -0.2) is 9.78 Å². The SMILES string of the molecule is NC(=O)c1cc2ccccc2nc1N1CCCC1C(=O)O. The molecule has 2 heterocycles. The third-order valence-electron chi connectivity index (χ3n) is 3.78. The second kappa shape index (κ2) is 5.05. The number of carbonyl (C=O) groups excluding carboxylic acids is 1. The number of hydrogen-bond acceptors (Lipinski definition) is 4. The molecule has 2 aromatic rings. The standard InChI is InChI=1S/C15H15N3O3/c16-13(19)10-8-9-4-1-2-5-11(9)17-14(10)18-7-3-6-12(18)15(20)21/h1-2,4-5,8,12H,3,6-7H2,(H2,16,19)(H,20,21). The van der Waals surface area contributed by atoms with Crippen molar-refractivity contribution in [3.8, 4) is 0 Å². The van der Waals surface area contributed by atoms with Crippen molar-refractivity contribution >= 4 is 28.6 Å². The quantitative estimate of drug-likeness (QED) is 0.888. The van der Waals surface area contributed by atoms with Crippen molar-refractivity contribution < 1.29 is 14.7 Å². The molecule has 6 nitrogen and oxygen atoms in total. The first-order valence-corrected chi connectivity index (χ1v) is 6.77. The smallest absolute Gasteiger partial charge is 0.326 e. The van der Waals surface area contributed by atoms with E-state index in [-0.39, 0.29) is 5.56 Å². The molecule has 0 saturated carbocycles. The minimum Gasteiger partial charge on any atom is -0.480 e. The van der Waals surface area contributed by atoms with Gasteiger partial charge in [-0.3, -0.25) is 4.79 Å². The minimum atomic E-state index is -0.905. The number of carboxylic acids is 1. The van der Waals surface area contributed by atoms with E-state index in [1.165, 1.54) is 0 Å². The lowest BCUT2D eigenvalue weighted by Crippen LogP contribution is -2.37. The highest BCUT2D eigenvalue weighted by atomic mass is 16.4. The highest BCUT2D eigenvalue weighted by Crippen LogP contribution is 2.29. The van der Waals surface area contributed by atoms with E-state index < -0.39 is 17.9 Å². The van der Waals surface area contributed by atoms with Crippen molar-refractivity contribution in [3.63, 3.8) is 0 Å². The zero-order chi connectivity index (χ0) is 15.0. The molecule has 1 fully saturated rings. The second-order valence-electron chi connectivity index (χ2n) is 5.11. The Kier molecular flexibility index (Phi) is 3.21. The molecule has 3 N–H and O–H groups in total. The van der Waals surface area contributed by atoms with Gasteiger partial charge < -0.3 is 15.7 Å². The van der Waals surface area contributed by atoms with Crippen molar-refractivity contribution in [2.24, 2.45) is 5.73 Å². The Morgan fingerprint density at radius 1 is 1.33 bits per heavy atom. The Hall–Kier alpha value is -2.63. The van der Waals surface area contributed by atoms with Gasteiger partial charge >= 0.3 is 5.97 Å². The van der Waals surface area contributed by atoms with Gasteiger partial charge in [0.25, 0.3) is 5.91 Å². The van der Waals surface area contributed by atoms with Crippen LogP contribution in [0.15, 0.2) is 30.3 Å². The zero-order valence-corrected chi connectivity index (χ0v) is 11.3. The van der Waals surface area contributed by atoms with Crippen LogP contribution in [0.4, 0.5) is 5.82 Å². The number of aliphatic carboxylic acids is 1. The maximum atomic E-state index is 11.7. The minimum absolute atomic E-state index is 0.266. The molecule has 0 bridgehead atoms. The van der Waals surface area contributed by atoms with Gasteiger partial charge in [-0.15, -0.1) is 0 Å². The molecule has 0 radical (unpaired) electrons. The van der Waals surface area contributed by atoms with E-state index >= 15 is 0 Å². The van der Waals surface area contributed by atoms with E-state index in [0.717, 1.165) is 11.8 Å². The van der Waals surface area contributed by atoms with Crippen LogP contribution in [0.3, 0.4) is 0 Å². The number of nitrogens with two attached hydrogens (primary N) is 1. The van der Waals surface area contributed by atoms with Crippen molar-refractivity contribution in [1.82, 2.24) is 4.98 Å². The molecular formula is C15H15N3O3. The summed E-state index contributed by atoms with van der Waals surface area (Å²) in [6.45, 7) is 0.558. The molecule has 1 amide bonds. The Balaban J connectivity index is 2.18. The highest BCUT2D eigenvalue weighted by molar-refractivity contribution is 6.02. The summed E-state index contributed by atoms with van der Waals surface area (Å²) in [5.41, 5.74) is 6.42. The number of amides is 1. The van der Waals surface area contributed by atoms with Crippen molar-refractivity contribution in [2.45, 2.75) is 18.9 Å². The summed E-state index contributed by atoms with van der Waals surface area (Å²) in [4.78, 5) is 29.2. The van der Waals surface area contributed by atoms with E-state index in [4.69, 9.17) is 5.73 Å². The number of pyridine rings is 1. The van der Waals surface area contributed by atoms with Gasteiger partial charge in [-0.2, -0.15) is 0 Å². The van der Waals surface area contributed by atoms with Crippen LogP contribution in [0, 0.1) is 0 Å². The second-order valence-corrected chi connectivity index (χ2v) is 5.11. The predicted octanol–water partition coefficient (Wildman–Crippen LogP) is 1.39. The first-order valence-electron chi connectivity index (χ1n) is 6.77. The number of fused-ring (bicyclic) bond motifs is 1. The van der Waals surface area contributed by atoms with Gasteiger partial charge in [0, 0.05) is 11.9 Å². The van der Waals surface area contributed by atoms with Crippen LogP contribution in [0.5, 0.6) is 0 Å². The van der Waals surface area contributed by atoms with E-state index in [1.807, 2.05) is 24.3 Å². The number of benzene rings is 1. The maximum absolute atomic E-state index is 11.7. The fourth-order valence-corrected chi connectivity index (χ4v) is 2.78. The molecule has 108 valence electrons. The molecule has 3 rings (SSSR count). The number of anilines is 1. The van der Waals surface area contributed by atoms with Crippen LogP contribution in [0.1, 0.15) is 23.2 Å². The van der Waals surface area contributed by atoms with Crippen LogP contribution in [-0.4, -0.2) is 34.6 Å². The average Bonchev–Trinajstić information content (AvgIpc) is 2.95. The number of aromatic nitrogens is 1. The fraction of sp³-hybridized carbons (Fsp3) is 0.267. The van der Waals surface area contributed by atoms with E-state index in [9.17, 15) is 14.7 Å².